The average molecular weight is 289 g/mol. The molecule has 0 fully saturated rings. The van der Waals surface area contributed by atoms with Crippen LogP contribution in [0.1, 0.15) is 11.1 Å². The van der Waals surface area contributed by atoms with Crippen LogP contribution >= 0.6 is 11.6 Å². The summed E-state index contributed by atoms with van der Waals surface area (Å²) in [6, 6.07) is 12.4. The van der Waals surface area contributed by atoms with Crippen LogP contribution in [0.2, 0.25) is 5.02 Å². The minimum absolute atomic E-state index is 0.203. The van der Waals surface area contributed by atoms with E-state index in [2.05, 4.69) is 10.3 Å². The second-order valence-corrected chi connectivity index (χ2v) is 5.17. The maximum atomic E-state index is 13.1. The summed E-state index contributed by atoms with van der Waals surface area (Å²) in [5.74, 6) is -0.203. The Morgan fingerprint density at radius 2 is 2.00 bits per heavy atom. The summed E-state index contributed by atoms with van der Waals surface area (Å²) in [6.45, 7) is 1.36. The van der Waals surface area contributed by atoms with E-state index in [1.54, 1.807) is 12.1 Å². The third-order valence-electron chi connectivity index (χ3n) is 3.26. The molecule has 2 aromatic carbocycles. The molecule has 0 aliphatic heterocycles. The molecule has 0 spiro atoms. The Bertz CT molecular complexity index is 736. The maximum absolute atomic E-state index is 13.1. The molecule has 20 heavy (non-hydrogen) atoms. The Balaban J connectivity index is 1.68. The van der Waals surface area contributed by atoms with E-state index in [0.29, 0.717) is 6.54 Å². The van der Waals surface area contributed by atoms with Crippen LogP contribution < -0.4 is 5.32 Å². The van der Waals surface area contributed by atoms with Gasteiger partial charge in [-0.05, 0) is 35.4 Å². The molecule has 0 radical (unpaired) electrons. The third-order valence-corrected chi connectivity index (χ3v) is 3.50. The summed E-state index contributed by atoms with van der Waals surface area (Å²) in [6.07, 6.45) is 1.97. The molecule has 102 valence electrons. The van der Waals surface area contributed by atoms with Gasteiger partial charge in [0.1, 0.15) is 5.82 Å². The zero-order valence-electron chi connectivity index (χ0n) is 10.8. The van der Waals surface area contributed by atoms with Crippen LogP contribution in [0.5, 0.6) is 0 Å². The number of aromatic amines is 1. The van der Waals surface area contributed by atoms with Gasteiger partial charge in [0.25, 0.3) is 0 Å². The zero-order valence-corrected chi connectivity index (χ0v) is 11.5. The molecule has 0 unspecified atom stereocenters. The van der Waals surface area contributed by atoms with Crippen molar-refractivity contribution in [2.24, 2.45) is 0 Å². The summed E-state index contributed by atoms with van der Waals surface area (Å²) >= 11 is 5.96. The van der Waals surface area contributed by atoms with Crippen LogP contribution in [0.4, 0.5) is 4.39 Å². The molecule has 2 N–H and O–H groups in total. The van der Waals surface area contributed by atoms with Crippen LogP contribution in [-0.4, -0.2) is 4.98 Å². The minimum atomic E-state index is -0.203. The smallest absolute Gasteiger partial charge is 0.123 e. The van der Waals surface area contributed by atoms with E-state index in [-0.39, 0.29) is 5.82 Å². The first-order chi connectivity index (χ1) is 9.72. The van der Waals surface area contributed by atoms with E-state index in [1.807, 2.05) is 30.5 Å². The van der Waals surface area contributed by atoms with Crippen LogP contribution in [0, 0.1) is 5.82 Å². The molecule has 2 nitrogen and oxygen atoms in total. The average Bonchev–Trinajstić information content (AvgIpc) is 2.81. The molecule has 1 heterocycles. The molecular formula is C16H14ClFN2. The van der Waals surface area contributed by atoms with E-state index < -0.39 is 0 Å². The van der Waals surface area contributed by atoms with E-state index in [1.165, 1.54) is 11.6 Å². The number of halogens is 2. The highest BCUT2D eigenvalue weighted by Gasteiger charge is 2.04. The predicted molar refractivity (Wildman–Crippen MR) is 80.3 cm³/mol. The van der Waals surface area contributed by atoms with E-state index in [9.17, 15) is 4.39 Å². The fourth-order valence-electron chi connectivity index (χ4n) is 2.29. The van der Waals surface area contributed by atoms with Crippen molar-refractivity contribution in [3.05, 3.63) is 70.6 Å². The molecule has 1 aromatic heterocycles. The SMILES string of the molecule is Fc1cccc(CNCc2c[nH]c3cc(Cl)ccc23)c1. The van der Waals surface area contributed by atoms with Crippen molar-refractivity contribution < 1.29 is 4.39 Å². The first-order valence-corrected chi connectivity index (χ1v) is 6.81. The molecular weight excluding hydrogens is 275 g/mol. The van der Waals surface area contributed by atoms with Gasteiger partial charge < -0.3 is 10.3 Å². The van der Waals surface area contributed by atoms with E-state index in [0.717, 1.165) is 28.0 Å². The maximum Gasteiger partial charge on any atom is 0.123 e. The van der Waals surface area contributed by atoms with E-state index >= 15 is 0 Å². The van der Waals surface area contributed by atoms with Crippen molar-refractivity contribution >= 4 is 22.5 Å². The molecule has 0 atom stereocenters. The second-order valence-electron chi connectivity index (χ2n) is 4.74. The summed E-state index contributed by atoms with van der Waals surface area (Å²) in [4.78, 5) is 3.20. The van der Waals surface area contributed by atoms with Crippen molar-refractivity contribution in [1.82, 2.24) is 10.3 Å². The predicted octanol–water partition coefficient (Wildman–Crippen LogP) is 4.25. The largest absolute Gasteiger partial charge is 0.361 e. The van der Waals surface area contributed by atoms with Gasteiger partial charge in [0.05, 0.1) is 0 Å². The molecule has 0 amide bonds. The minimum Gasteiger partial charge on any atom is -0.361 e. The van der Waals surface area contributed by atoms with Crippen molar-refractivity contribution in [1.29, 1.82) is 0 Å². The molecule has 3 aromatic rings. The Kier molecular flexibility index (Phi) is 3.72. The van der Waals surface area contributed by atoms with Gasteiger partial charge in [-0.15, -0.1) is 0 Å². The monoisotopic (exact) mass is 288 g/mol. The second kappa shape index (κ2) is 5.65. The summed E-state index contributed by atoms with van der Waals surface area (Å²) in [5, 5.41) is 5.19. The lowest BCUT2D eigenvalue weighted by molar-refractivity contribution is 0.620. The zero-order chi connectivity index (χ0) is 13.9. The highest BCUT2D eigenvalue weighted by molar-refractivity contribution is 6.31. The molecule has 0 aliphatic carbocycles. The van der Waals surface area contributed by atoms with Crippen LogP contribution in [0.15, 0.2) is 48.7 Å². The number of rotatable bonds is 4. The van der Waals surface area contributed by atoms with Gasteiger partial charge in [0.15, 0.2) is 0 Å². The van der Waals surface area contributed by atoms with Crippen LogP contribution in [0.3, 0.4) is 0 Å². The third kappa shape index (κ3) is 2.84. The van der Waals surface area contributed by atoms with E-state index in [4.69, 9.17) is 11.6 Å². The number of hydrogen-bond acceptors (Lipinski definition) is 1. The number of benzene rings is 2. The highest BCUT2D eigenvalue weighted by Crippen LogP contribution is 2.21. The fourth-order valence-corrected chi connectivity index (χ4v) is 2.47. The molecule has 0 saturated heterocycles. The molecule has 0 aliphatic rings. The number of nitrogens with one attached hydrogen (secondary N) is 2. The standard InChI is InChI=1S/C16H14ClFN2/c17-13-4-5-15-12(10-20-16(15)7-13)9-19-8-11-2-1-3-14(18)6-11/h1-7,10,19-20H,8-9H2. The van der Waals surface area contributed by atoms with Gasteiger partial charge in [0, 0.05) is 35.2 Å². The van der Waals surface area contributed by atoms with Crippen molar-refractivity contribution in [3.8, 4) is 0 Å². The molecule has 3 rings (SSSR count). The van der Waals surface area contributed by atoms with Crippen LogP contribution in [-0.2, 0) is 13.1 Å². The highest BCUT2D eigenvalue weighted by atomic mass is 35.5. The first kappa shape index (κ1) is 13.2. The summed E-state index contributed by atoms with van der Waals surface area (Å²) < 4.78 is 13.1. The van der Waals surface area contributed by atoms with Crippen molar-refractivity contribution in [3.63, 3.8) is 0 Å². The van der Waals surface area contributed by atoms with Gasteiger partial charge in [-0.2, -0.15) is 0 Å². The first-order valence-electron chi connectivity index (χ1n) is 6.43. The molecule has 0 bridgehead atoms. The number of hydrogen-bond donors (Lipinski definition) is 2. The molecule has 4 heteroatoms. The summed E-state index contributed by atoms with van der Waals surface area (Å²) in [7, 11) is 0. The number of H-pyrrole nitrogens is 1. The summed E-state index contributed by atoms with van der Waals surface area (Å²) in [5.41, 5.74) is 3.14. The lowest BCUT2D eigenvalue weighted by Crippen LogP contribution is -2.12. The molecule has 0 saturated carbocycles. The van der Waals surface area contributed by atoms with Gasteiger partial charge in [0.2, 0.25) is 0 Å². The Hall–Kier alpha value is -1.84. The van der Waals surface area contributed by atoms with Gasteiger partial charge in [-0.1, -0.05) is 29.8 Å². The van der Waals surface area contributed by atoms with Gasteiger partial charge in [-0.3, -0.25) is 0 Å². The normalized spacial score (nSPS) is 11.1. The van der Waals surface area contributed by atoms with Crippen LogP contribution in [0.25, 0.3) is 10.9 Å². The lowest BCUT2D eigenvalue weighted by atomic mass is 10.1. The topological polar surface area (TPSA) is 27.8 Å². The number of fused-ring (bicyclic) bond motifs is 1. The quantitative estimate of drug-likeness (QED) is 0.738. The Morgan fingerprint density at radius 3 is 2.85 bits per heavy atom. The van der Waals surface area contributed by atoms with Crippen molar-refractivity contribution in [2.45, 2.75) is 13.1 Å². The van der Waals surface area contributed by atoms with Gasteiger partial charge in [-0.25, -0.2) is 4.39 Å². The van der Waals surface area contributed by atoms with Crippen molar-refractivity contribution in [2.75, 3.05) is 0 Å². The van der Waals surface area contributed by atoms with Gasteiger partial charge >= 0.3 is 0 Å². The Morgan fingerprint density at radius 1 is 1.10 bits per heavy atom. The number of aromatic nitrogens is 1. The Labute approximate surface area is 121 Å². The fraction of sp³-hybridized carbons (Fsp3) is 0.125. The lowest BCUT2D eigenvalue weighted by Gasteiger charge is -2.04.